The fraction of sp³-hybridized carbons (Fsp3) is 0.522. The maximum atomic E-state index is 12.4. The average molecular weight is 464 g/mol. The van der Waals surface area contributed by atoms with Crippen molar-refractivity contribution in [2.24, 2.45) is 11.8 Å². The van der Waals surface area contributed by atoms with Crippen LogP contribution in [0.1, 0.15) is 48.3 Å². The number of thiophene rings is 1. The molecule has 8 heteroatoms. The van der Waals surface area contributed by atoms with Gasteiger partial charge >= 0.3 is 0 Å². The highest BCUT2D eigenvalue weighted by Gasteiger charge is 2.21. The van der Waals surface area contributed by atoms with Gasteiger partial charge in [0.2, 0.25) is 10.0 Å². The molecule has 1 fully saturated rings. The molecule has 1 aromatic carbocycles. The van der Waals surface area contributed by atoms with Crippen LogP contribution < -0.4 is 10.0 Å². The van der Waals surface area contributed by atoms with E-state index in [-0.39, 0.29) is 17.3 Å². The van der Waals surface area contributed by atoms with E-state index in [0.29, 0.717) is 12.1 Å². The molecule has 2 aromatic rings. The molecule has 2 heterocycles. The number of nitrogens with zero attached hydrogens (tertiary/aromatic N) is 1. The predicted octanol–water partition coefficient (Wildman–Crippen LogP) is 3.71. The lowest BCUT2D eigenvalue weighted by molar-refractivity contribution is 0.0951. The highest BCUT2D eigenvalue weighted by atomic mass is 32.2. The van der Waals surface area contributed by atoms with Crippen LogP contribution in [-0.2, 0) is 16.6 Å². The fourth-order valence-corrected chi connectivity index (χ4v) is 5.93. The SMILES string of the molecule is CC1CC(C)CN(CCCCNC(=O)c2ccc(S(=O)(=O)NCc3cccs3)cc2)C1. The Bertz CT molecular complexity index is 917. The molecule has 0 radical (unpaired) electrons. The van der Waals surface area contributed by atoms with Gasteiger partial charge < -0.3 is 10.2 Å². The summed E-state index contributed by atoms with van der Waals surface area (Å²) in [5.74, 6) is 1.36. The minimum absolute atomic E-state index is 0.158. The third-order valence-electron chi connectivity index (χ3n) is 5.57. The Labute approximate surface area is 190 Å². The summed E-state index contributed by atoms with van der Waals surface area (Å²) in [6.45, 7) is 8.95. The minimum atomic E-state index is -3.60. The Morgan fingerprint density at radius 1 is 1.10 bits per heavy atom. The molecule has 3 rings (SSSR count). The molecule has 1 aliphatic heterocycles. The molecule has 0 saturated carbocycles. The summed E-state index contributed by atoms with van der Waals surface area (Å²) in [5, 5.41) is 4.84. The first kappa shape index (κ1) is 23.9. The molecule has 170 valence electrons. The Morgan fingerprint density at radius 2 is 1.81 bits per heavy atom. The van der Waals surface area contributed by atoms with Crippen molar-refractivity contribution in [1.29, 1.82) is 0 Å². The molecule has 31 heavy (non-hydrogen) atoms. The number of carbonyl (C=O) groups excluding carboxylic acids is 1. The molecule has 2 unspecified atom stereocenters. The van der Waals surface area contributed by atoms with Crippen LogP contribution in [0.5, 0.6) is 0 Å². The molecule has 1 aromatic heterocycles. The van der Waals surface area contributed by atoms with E-state index in [1.165, 1.54) is 43.0 Å². The predicted molar refractivity (Wildman–Crippen MR) is 126 cm³/mol. The third-order valence-corrected chi connectivity index (χ3v) is 7.87. The standard InChI is InChI=1S/C23H33N3O3S2/c1-18-14-19(2)17-26(16-18)12-4-3-11-24-23(27)20-7-9-22(10-8-20)31(28,29)25-15-21-6-5-13-30-21/h5-10,13,18-19,25H,3-4,11-12,14-17H2,1-2H3,(H,24,27). The number of benzene rings is 1. The molecular weight excluding hydrogens is 430 g/mol. The van der Waals surface area contributed by atoms with Gasteiger partial charge in [0.25, 0.3) is 5.91 Å². The maximum absolute atomic E-state index is 12.4. The van der Waals surface area contributed by atoms with E-state index in [1.54, 1.807) is 12.1 Å². The van der Waals surface area contributed by atoms with E-state index in [4.69, 9.17) is 0 Å². The molecule has 1 aliphatic rings. The Morgan fingerprint density at radius 3 is 2.45 bits per heavy atom. The molecule has 2 atom stereocenters. The first-order valence-electron chi connectivity index (χ1n) is 11.0. The van der Waals surface area contributed by atoms with Crippen LogP contribution in [0.15, 0.2) is 46.7 Å². The summed E-state index contributed by atoms with van der Waals surface area (Å²) in [5.41, 5.74) is 0.468. The molecule has 1 saturated heterocycles. The van der Waals surface area contributed by atoms with E-state index in [9.17, 15) is 13.2 Å². The molecule has 0 spiro atoms. The Kier molecular flexibility index (Phi) is 8.66. The van der Waals surface area contributed by atoms with E-state index >= 15 is 0 Å². The number of carbonyl (C=O) groups is 1. The van der Waals surface area contributed by atoms with E-state index < -0.39 is 10.0 Å². The van der Waals surface area contributed by atoms with Gasteiger partial charge in [-0.3, -0.25) is 4.79 Å². The molecule has 1 amide bonds. The van der Waals surface area contributed by atoms with Crippen LogP contribution in [0.2, 0.25) is 0 Å². The zero-order valence-electron chi connectivity index (χ0n) is 18.3. The van der Waals surface area contributed by atoms with Crippen molar-refractivity contribution in [3.63, 3.8) is 0 Å². The summed E-state index contributed by atoms with van der Waals surface area (Å²) >= 11 is 1.50. The summed E-state index contributed by atoms with van der Waals surface area (Å²) in [6, 6.07) is 9.84. The second-order valence-electron chi connectivity index (χ2n) is 8.60. The van der Waals surface area contributed by atoms with Crippen LogP contribution >= 0.6 is 11.3 Å². The highest BCUT2D eigenvalue weighted by Crippen LogP contribution is 2.21. The average Bonchev–Trinajstić information content (AvgIpc) is 3.25. The lowest BCUT2D eigenvalue weighted by Crippen LogP contribution is -2.39. The highest BCUT2D eigenvalue weighted by molar-refractivity contribution is 7.89. The molecule has 6 nitrogen and oxygen atoms in total. The van der Waals surface area contributed by atoms with Crippen molar-refractivity contribution in [1.82, 2.24) is 14.9 Å². The zero-order valence-corrected chi connectivity index (χ0v) is 20.0. The van der Waals surface area contributed by atoms with Crippen LogP contribution in [0.25, 0.3) is 0 Å². The van der Waals surface area contributed by atoms with E-state index in [0.717, 1.165) is 36.1 Å². The van der Waals surface area contributed by atoms with Crippen LogP contribution in [0, 0.1) is 11.8 Å². The van der Waals surface area contributed by atoms with Crippen molar-refractivity contribution in [2.75, 3.05) is 26.2 Å². The lowest BCUT2D eigenvalue weighted by Gasteiger charge is -2.34. The first-order chi connectivity index (χ1) is 14.8. The summed E-state index contributed by atoms with van der Waals surface area (Å²) in [6.07, 6.45) is 3.31. The van der Waals surface area contributed by atoms with Crippen LogP contribution in [0.3, 0.4) is 0 Å². The van der Waals surface area contributed by atoms with Crippen molar-refractivity contribution >= 4 is 27.3 Å². The molecule has 2 N–H and O–H groups in total. The number of likely N-dealkylation sites (tertiary alicyclic amines) is 1. The molecule has 0 aliphatic carbocycles. The zero-order chi connectivity index (χ0) is 22.3. The topological polar surface area (TPSA) is 78.5 Å². The maximum Gasteiger partial charge on any atom is 0.251 e. The number of amides is 1. The van der Waals surface area contributed by atoms with Gasteiger partial charge in [-0.25, -0.2) is 13.1 Å². The molecule has 0 bridgehead atoms. The lowest BCUT2D eigenvalue weighted by atomic mass is 9.92. The van der Waals surface area contributed by atoms with Gasteiger partial charge in [-0.2, -0.15) is 0 Å². The van der Waals surface area contributed by atoms with Gasteiger partial charge in [-0.1, -0.05) is 19.9 Å². The monoisotopic (exact) mass is 463 g/mol. The summed E-state index contributed by atoms with van der Waals surface area (Å²) in [4.78, 5) is 16.0. The number of sulfonamides is 1. The Hall–Kier alpha value is -1.74. The van der Waals surface area contributed by atoms with E-state index in [1.807, 2.05) is 17.5 Å². The summed E-state index contributed by atoms with van der Waals surface area (Å²) in [7, 11) is -3.60. The fourth-order valence-electron chi connectivity index (χ4n) is 4.19. The largest absolute Gasteiger partial charge is 0.352 e. The first-order valence-corrected chi connectivity index (χ1v) is 13.3. The van der Waals surface area contributed by atoms with E-state index in [2.05, 4.69) is 28.8 Å². The number of piperidine rings is 1. The molecular formula is C23H33N3O3S2. The van der Waals surface area contributed by atoms with Gasteiger partial charge in [0.15, 0.2) is 0 Å². The second kappa shape index (κ2) is 11.2. The number of nitrogens with one attached hydrogen (secondary N) is 2. The van der Waals surface area contributed by atoms with Crippen LogP contribution in [-0.4, -0.2) is 45.4 Å². The third kappa shape index (κ3) is 7.42. The van der Waals surface area contributed by atoms with Gasteiger partial charge in [0.1, 0.15) is 0 Å². The van der Waals surface area contributed by atoms with Crippen LogP contribution in [0.4, 0.5) is 0 Å². The van der Waals surface area contributed by atoms with Crippen molar-refractivity contribution in [2.45, 2.75) is 44.6 Å². The number of unbranched alkanes of at least 4 members (excludes halogenated alkanes) is 1. The summed E-state index contributed by atoms with van der Waals surface area (Å²) < 4.78 is 27.4. The van der Waals surface area contributed by atoms with Gasteiger partial charge in [0.05, 0.1) is 4.90 Å². The van der Waals surface area contributed by atoms with Gasteiger partial charge in [0, 0.05) is 36.6 Å². The number of hydrogen-bond acceptors (Lipinski definition) is 5. The van der Waals surface area contributed by atoms with Gasteiger partial charge in [-0.15, -0.1) is 11.3 Å². The van der Waals surface area contributed by atoms with Crippen molar-refractivity contribution in [3.8, 4) is 0 Å². The Balaban J connectivity index is 1.39. The van der Waals surface area contributed by atoms with Gasteiger partial charge in [-0.05, 0) is 73.4 Å². The minimum Gasteiger partial charge on any atom is -0.352 e. The number of hydrogen-bond donors (Lipinski definition) is 2. The normalized spacial score (nSPS) is 19.9. The quantitative estimate of drug-likeness (QED) is 0.527. The second-order valence-corrected chi connectivity index (χ2v) is 11.4. The smallest absolute Gasteiger partial charge is 0.251 e. The van der Waals surface area contributed by atoms with Crippen molar-refractivity contribution < 1.29 is 13.2 Å². The number of rotatable bonds is 10. The van der Waals surface area contributed by atoms with Crippen molar-refractivity contribution in [3.05, 3.63) is 52.2 Å².